The van der Waals surface area contributed by atoms with Crippen molar-refractivity contribution in [1.29, 1.82) is 0 Å². The van der Waals surface area contributed by atoms with Gasteiger partial charge in [0.2, 0.25) is 0 Å². The van der Waals surface area contributed by atoms with Gasteiger partial charge in [0, 0.05) is 5.56 Å². The zero-order chi connectivity index (χ0) is 13.4. The van der Waals surface area contributed by atoms with Crippen molar-refractivity contribution in [3.63, 3.8) is 0 Å². The minimum atomic E-state index is 0.121. The van der Waals surface area contributed by atoms with E-state index in [0.29, 0.717) is 7.18 Å². The smallest absolute Gasteiger partial charge is 0.159 e. The standard InChI is InChI=1S/C8H8O.C2H7N.C2H6.CH3F/c1-7(9)8-5-3-2-4-6-8;1-2-3;2*1-2/h2-6H,1H3;2-3H2,1H3;1-2H3;1H3. The Bertz CT molecular complexity index is 225. The maximum absolute atomic E-state index is 10.6. The van der Waals surface area contributed by atoms with E-state index in [1.54, 1.807) is 6.92 Å². The minimum Gasteiger partial charge on any atom is -0.331 e. The van der Waals surface area contributed by atoms with Crippen molar-refractivity contribution in [2.24, 2.45) is 5.73 Å². The largest absolute Gasteiger partial charge is 0.331 e. The van der Waals surface area contributed by atoms with Crippen molar-refractivity contribution in [2.75, 3.05) is 13.7 Å². The molecule has 2 nitrogen and oxygen atoms in total. The molecule has 0 atom stereocenters. The summed E-state index contributed by atoms with van der Waals surface area (Å²) in [5, 5.41) is 0. The predicted molar refractivity (Wildman–Crippen MR) is 69.6 cm³/mol. The summed E-state index contributed by atoms with van der Waals surface area (Å²) >= 11 is 0. The van der Waals surface area contributed by atoms with E-state index >= 15 is 0 Å². The van der Waals surface area contributed by atoms with Crippen LogP contribution >= 0.6 is 0 Å². The van der Waals surface area contributed by atoms with Crippen LogP contribution in [0.3, 0.4) is 0 Å². The molecule has 0 bridgehead atoms. The summed E-state index contributed by atoms with van der Waals surface area (Å²) in [6, 6.07) is 9.23. The van der Waals surface area contributed by atoms with E-state index in [1.165, 1.54) is 0 Å². The Balaban J connectivity index is -0.000000206. The molecule has 1 rings (SSSR count). The average Bonchev–Trinajstić information content (AvgIpc) is 2.36. The van der Waals surface area contributed by atoms with Crippen LogP contribution in [0.4, 0.5) is 4.39 Å². The highest BCUT2D eigenvalue weighted by Crippen LogP contribution is 1.97. The lowest BCUT2D eigenvalue weighted by molar-refractivity contribution is 0.101. The van der Waals surface area contributed by atoms with Crippen LogP contribution in [-0.4, -0.2) is 19.5 Å². The number of hydrogen-bond acceptors (Lipinski definition) is 2. The summed E-state index contributed by atoms with van der Waals surface area (Å²) in [6.45, 7) is 8.22. The number of hydrogen-bond donors (Lipinski definition) is 1. The molecule has 0 radical (unpaired) electrons. The number of alkyl halides is 1. The van der Waals surface area contributed by atoms with E-state index in [2.05, 4.69) is 0 Å². The maximum Gasteiger partial charge on any atom is 0.159 e. The molecule has 0 spiro atoms. The quantitative estimate of drug-likeness (QED) is 0.749. The molecule has 0 saturated heterocycles. The number of carbonyl (C=O) groups is 1. The first kappa shape index (κ1) is 20.2. The molecule has 0 aliphatic carbocycles. The summed E-state index contributed by atoms with van der Waals surface area (Å²) in [5.41, 5.74) is 5.62. The predicted octanol–water partition coefficient (Wildman–Crippen LogP) is 3.47. The molecular formula is C13H24FNO. The third kappa shape index (κ3) is 15.3. The first-order valence-corrected chi connectivity index (χ1v) is 5.36. The van der Waals surface area contributed by atoms with Gasteiger partial charge in [-0.2, -0.15) is 0 Å². The summed E-state index contributed by atoms with van der Waals surface area (Å²) in [7, 11) is 0.500. The fourth-order valence-corrected chi connectivity index (χ4v) is 0.673. The van der Waals surface area contributed by atoms with Gasteiger partial charge in [0.05, 0.1) is 7.18 Å². The number of halogens is 1. The van der Waals surface area contributed by atoms with Gasteiger partial charge >= 0.3 is 0 Å². The van der Waals surface area contributed by atoms with Gasteiger partial charge in [-0.05, 0) is 13.5 Å². The summed E-state index contributed by atoms with van der Waals surface area (Å²) in [5.74, 6) is 0.121. The summed E-state index contributed by atoms with van der Waals surface area (Å²) in [4.78, 5) is 10.6. The average molecular weight is 229 g/mol. The zero-order valence-electron chi connectivity index (χ0n) is 11.0. The molecule has 0 unspecified atom stereocenters. The van der Waals surface area contributed by atoms with E-state index in [-0.39, 0.29) is 5.78 Å². The molecule has 3 heteroatoms. The number of nitrogens with two attached hydrogens (primary N) is 1. The Kier molecular flexibility index (Phi) is 24.5. The molecule has 16 heavy (non-hydrogen) atoms. The molecule has 0 amide bonds. The second-order valence-electron chi connectivity index (χ2n) is 2.33. The summed E-state index contributed by atoms with van der Waals surface area (Å²) in [6.07, 6.45) is 0. The Morgan fingerprint density at radius 1 is 1.19 bits per heavy atom. The van der Waals surface area contributed by atoms with Crippen molar-refractivity contribution in [3.8, 4) is 0 Å². The van der Waals surface area contributed by atoms with Gasteiger partial charge in [0.15, 0.2) is 5.78 Å². The van der Waals surface area contributed by atoms with Gasteiger partial charge in [-0.25, -0.2) is 0 Å². The van der Waals surface area contributed by atoms with Crippen LogP contribution in [0.5, 0.6) is 0 Å². The molecule has 1 aromatic rings. The molecule has 1 aromatic carbocycles. The number of benzene rings is 1. The fraction of sp³-hybridized carbons (Fsp3) is 0.462. The van der Waals surface area contributed by atoms with E-state index in [9.17, 15) is 9.18 Å². The maximum atomic E-state index is 10.6. The normalized spacial score (nSPS) is 6.94. The van der Waals surface area contributed by atoms with Gasteiger partial charge in [0.25, 0.3) is 0 Å². The highest BCUT2D eigenvalue weighted by Gasteiger charge is 1.92. The summed E-state index contributed by atoms with van der Waals surface area (Å²) < 4.78 is 9.50. The fourth-order valence-electron chi connectivity index (χ4n) is 0.673. The number of rotatable bonds is 1. The lowest BCUT2D eigenvalue weighted by Gasteiger charge is -1.89. The first-order valence-electron chi connectivity index (χ1n) is 5.36. The van der Waals surface area contributed by atoms with E-state index in [1.807, 2.05) is 51.1 Å². The first-order chi connectivity index (χ1) is 7.72. The molecule has 0 aromatic heterocycles. The van der Waals surface area contributed by atoms with Crippen LogP contribution < -0.4 is 5.73 Å². The second kappa shape index (κ2) is 19.4. The lowest BCUT2D eigenvalue weighted by atomic mass is 10.2. The monoisotopic (exact) mass is 229 g/mol. The molecule has 0 aliphatic heterocycles. The Morgan fingerprint density at radius 2 is 1.50 bits per heavy atom. The van der Waals surface area contributed by atoms with Crippen molar-refractivity contribution in [1.82, 2.24) is 0 Å². The molecular weight excluding hydrogens is 205 g/mol. The van der Waals surface area contributed by atoms with Gasteiger partial charge in [-0.3, -0.25) is 9.18 Å². The van der Waals surface area contributed by atoms with Crippen molar-refractivity contribution < 1.29 is 9.18 Å². The highest BCUT2D eigenvalue weighted by molar-refractivity contribution is 5.93. The highest BCUT2D eigenvalue weighted by atomic mass is 19.1. The van der Waals surface area contributed by atoms with Gasteiger partial charge < -0.3 is 5.73 Å². The van der Waals surface area contributed by atoms with Crippen molar-refractivity contribution in [3.05, 3.63) is 35.9 Å². The Hall–Kier alpha value is -1.22. The third-order valence-corrected chi connectivity index (χ3v) is 1.18. The third-order valence-electron chi connectivity index (χ3n) is 1.18. The van der Waals surface area contributed by atoms with Crippen LogP contribution in [0.15, 0.2) is 30.3 Å². The molecule has 94 valence electrons. The lowest BCUT2D eigenvalue weighted by Crippen LogP contribution is -1.88. The zero-order valence-corrected chi connectivity index (χ0v) is 11.0. The molecule has 0 fully saturated rings. The van der Waals surface area contributed by atoms with Gasteiger partial charge in [0.1, 0.15) is 0 Å². The van der Waals surface area contributed by atoms with E-state index in [0.717, 1.165) is 12.1 Å². The van der Waals surface area contributed by atoms with Crippen LogP contribution in [-0.2, 0) is 0 Å². The molecule has 2 N–H and O–H groups in total. The number of ketones is 1. The Morgan fingerprint density at radius 3 is 1.69 bits per heavy atom. The van der Waals surface area contributed by atoms with Gasteiger partial charge in [-0.15, -0.1) is 0 Å². The Labute approximate surface area is 98.7 Å². The van der Waals surface area contributed by atoms with Crippen molar-refractivity contribution >= 4 is 5.78 Å². The molecule has 0 aliphatic rings. The number of carbonyl (C=O) groups excluding carboxylic acids is 1. The van der Waals surface area contributed by atoms with E-state index < -0.39 is 0 Å². The minimum absolute atomic E-state index is 0.121. The van der Waals surface area contributed by atoms with Crippen LogP contribution in [0, 0.1) is 0 Å². The van der Waals surface area contributed by atoms with E-state index in [4.69, 9.17) is 5.73 Å². The van der Waals surface area contributed by atoms with Crippen LogP contribution in [0.25, 0.3) is 0 Å². The van der Waals surface area contributed by atoms with Crippen LogP contribution in [0.1, 0.15) is 38.1 Å². The molecule has 0 heterocycles. The topological polar surface area (TPSA) is 43.1 Å². The van der Waals surface area contributed by atoms with Crippen LogP contribution in [0.2, 0.25) is 0 Å². The van der Waals surface area contributed by atoms with Gasteiger partial charge in [-0.1, -0.05) is 51.1 Å². The molecule has 0 saturated carbocycles. The second-order valence-corrected chi connectivity index (χ2v) is 2.33. The SMILES string of the molecule is CC.CC(=O)c1ccccc1.CCN.CF. The number of Topliss-reactive ketones (excluding diaryl/α,β-unsaturated/α-hetero) is 1. The van der Waals surface area contributed by atoms with Crippen molar-refractivity contribution in [2.45, 2.75) is 27.7 Å².